The fraction of sp³-hybridized carbons (Fsp3) is 0.818. The van der Waals surface area contributed by atoms with Gasteiger partial charge in [0.25, 0.3) is 0 Å². The summed E-state index contributed by atoms with van der Waals surface area (Å²) in [6.45, 7) is 4.50. The van der Waals surface area contributed by atoms with Crippen LogP contribution < -0.4 is 0 Å². The van der Waals surface area contributed by atoms with Crippen molar-refractivity contribution in [1.29, 1.82) is 0 Å². The van der Waals surface area contributed by atoms with Crippen LogP contribution in [0, 0.1) is 23.7 Å². The van der Waals surface area contributed by atoms with E-state index < -0.39 is 0 Å². The maximum Gasteiger partial charge on any atom is -0.0322 e. The van der Waals surface area contributed by atoms with Gasteiger partial charge in [-0.15, -0.1) is 0 Å². The van der Waals surface area contributed by atoms with Crippen LogP contribution in [-0.2, 0) is 0 Å². The van der Waals surface area contributed by atoms with Crippen molar-refractivity contribution in [1.82, 2.24) is 0 Å². The molecule has 0 atom stereocenters. The molecule has 2 aliphatic carbocycles. The van der Waals surface area contributed by atoms with Crippen LogP contribution in [0.25, 0.3) is 0 Å². The molecule has 0 heteroatoms. The van der Waals surface area contributed by atoms with Crippen LogP contribution in [-0.4, -0.2) is 0 Å². The van der Waals surface area contributed by atoms with Gasteiger partial charge < -0.3 is 0 Å². The van der Waals surface area contributed by atoms with Gasteiger partial charge in [-0.1, -0.05) is 50.5 Å². The standard InChI is InChI=1S/C22H38/c1-3-5-8-20-15-17-22(18-16-20)10-7-6-9-21-13-11-19(4-2)12-14-21/h3,5-7,19-22H,4,8-18H2,1-2H3/b5-3+,7-6-. The predicted molar refractivity (Wildman–Crippen MR) is 99.0 cm³/mol. The summed E-state index contributed by atoms with van der Waals surface area (Å²) in [5.41, 5.74) is 0. The van der Waals surface area contributed by atoms with Crippen LogP contribution in [0.2, 0.25) is 0 Å². The first-order chi connectivity index (χ1) is 10.8. The molecule has 22 heavy (non-hydrogen) atoms. The van der Waals surface area contributed by atoms with Gasteiger partial charge in [0.2, 0.25) is 0 Å². The first kappa shape index (κ1) is 17.8. The van der Waals surface area contributed by atoms with Gasteiger partial charge in [-0.3, -0.25) is 0 Å². The average Bonchev–Trinajstić information content (AvgIpc) is 2.58. The zero-order chi connectivity index (χ0) is 15.6. The molecule has 0 aromatic heterocycles. The van der Waals surface area contributed by atoms with Gasteiger partial charge in [-0.25, -0.2) is 0 Å². The fourth-order valence-electron chi connectivity index (χ4n) is 4.48. The summed E-state index contributed by atoms with van der Waals surface area (Å²) in [7, 11) is 0. The Balaban J connectivity index is 1.55. The third kappa shape index (κ3) is 6.31. The smallest absolute Gasteiger partial charge is 0.0322 e. The van der Waals surface area contributed by atoms with Crippen LogP contribution in [0.5, 0.6) is 0 Å². The summed E-state index contributed by atoms with van der Waals surface area (Å²) < 4.78 is 0. The van der Waals surface area contributed by atoms with Crippen molar-refractivity contribution in [3.63, 3.8) is 0 Å². The Labute approximate surface area is 139 Å². The van der Waals surface area contributed by atoms with E-state index in [4.69, 9.17) is 0 Å². The third-order valence-electron chi connectivity index (χ3n) is 6.32. The Hall–Kier alpha value is -0.520. The molecule has 2 fully saturated rings. The predicted octanol–water partition coefficient (Wildman–Crippen LogP) is 7.31. The maximum absolute atomic E-state index is 2.52. The van der Waals surface area contributed by atoms with Crippen LogP contribution in [0.3, 0.4) is 0 Å². The highest BCUT2D eigenvalue weighted by atomic mass is 14.3. The molecule has 0 unspecified atom stereocenters. The molecule has 0 saturated heterocycles. The quantitative estimate of drug-likeness (QED) is 0.432. The molecule has 0 nitrogen and oxygen atoms in total. The highest BCUT2D eigenvalue weighted by Crippen LogP contribution is 2.34. The molecule has 0 aromatic carbocycles. The van der Waals surface area contributed by atoms with Gasteiger partial charge in [0.1, 0.15) is 0 Å². The monoisotopic (exact) mass is 302 g/mol. The number of allylic oxidation sites excluding steroid dienone is 4. The molecule has 0 radical (unpaired) electrons. The largest absolute Gasteiger partial charge is 0.0917 e. The van der Waals surface area contributed by atoms with Crippen LogP contribution >= 0.6 is 0 Å². The van der Waals surface area contributed by atoms with Gasteiger partial charge in [0.15, 0.2) is 0 Å². The summed E-state index contributed by atoms with van der Waals surface area (Å²) >= 11 is 0. The zero-order valence-electron chi connectivity index (χ0n) is 15.1. The van der Waals surface area contributed by atoms with E-state index in [2.05, 4.69) is 38.2 Å². The lowest BCUT2D eigenvalue weighted by molar-refractivity contribution is 0.269. The first-order valence-corrected chi connectivity index (χ1v) is 10.1. The number of hydrogen-bond acceptors (Lipinski definition) is 0. The molecule has 2 rings (SSSR count). The first-order valence-electron chi connectivity index (χ1n) is 10.1. The lowest BCUT2D eigenvalue weighted by Crippen LogP contribution is -2.14. The molecular formula is C22H38. The second kappa shape index (κ2) is 10.3. The third-order valence-corrected chi connectivity index (χ3v) is 6.32. The molecule has 0 N–H and O–H groups in total. The Morgan fingerprint density at radius 1 is 0.591 bits per heavy atom. The van der Waals surface area contributed by atoms with Crippen LogP contribution in [0.4, 0.5) is 0 Å². The lowest BCUT2D eigenvalue weighted by atomic mass is 9.78. The highest BCUT2D eigenvalue weighted by Gasteiger charge is 2.20. The van der Waals surface area contributed by atoms with Gasteiger partial charge in [0.05, 0.1) is 0 Å². The van der Waals surface area contributed by atoms with Crippen LogP contribution in [0.15, 0.2) is 24.3 Å². The molecule has 0 heterocycles. The van der Waals surface area contributed by atoms with Crippen molar-refractivity contribution in [3.8, 4) is 0 Å². The Bertz CT molecular complexity index is 322. The summed E-state index contributed by atoms with van der Waals surface area (Å²) in [6.07, 6.45) is 26.8. The van der Waals surface area contributed by atoms with E-state index in [0.717, 1.165) is 23.7 Å². The van der Waals surface area contributed by atoms with Gasteiger partial charge in [-0.05, 0) is 88.4 Å². The second-order valence-corrected chi connectivity index (χ2v) is 7.93. The van der Waals surface area contributed by atoms with Crippen molar-refractivity contribution in [3.05, 3.63) is 24.3 Å². The summed E-state index contributed by atoms with van der Waals surface area (Å²) in [4.78, 5) is 0. The van der Waals surface area contributed by atoms with Crippen molar-refractivity contribution < 1.29 is 0 Å². The molecule has 2 aliphatic rings. The van der Waals surface area contributed by atoms with Gasteiger partial charge in [0, 0.05) is 0 Å². The van der Waals surface area contributed by atoms with Gasteiger partial charge >= 0.3 is 0 Å². The second-order valence-electron chi connectivity index (χ2n) is 7.93. The SMILES string of the molecule is C/C=C/CC1CCC(C/C=C\CC2CCC(CC)CC2)CC1. The molecule has 0 bridgehead atoms. The molecular weight excluding hydrogens is 264 g/mol. The van der Waals surface area contributed by atoms with E-state index in [1.54, 1.807) is 0 Å². The molecule has 0 spiro atoms. The Morgan fingerprint density at radius 2 is 0.955 bits per heavy atom. The van der Waals surface area contributed by atoms with Crippen molar-refractivity contribution in [2.24, 2.45) is 23.7 Å². The normalized spacial score (nSPS) is 33.7. The minimum absolute atomic E-state index is 0.977. The van der Waals surface area contributed by atoms with E-state index in [1.165, 1.54) is 77.0 Å². The average molecular weight is 303 g/mol. The molecule has 2 saturated carbocycles. The summed E-state index contributed by atoms with van der Waals surface area (Å²) in [5.74, 6) is 3.99. The molecule has 0 aromatic rings. The van der Waals surface area contributed by atoms with E-state index in [0.29, 0.717) is 0 Å². The topological polar surface area (TPSA) is 0 Å². The van der Waals surface area contributed by atoms with Crippen LogP contribution in [0.1, 0.15) is 90.9 Å². The minimum atomic E-state index is 0.977. The molecule has 126 valence electrons. The lowest BCUT2D eigenvalue weighted by Gasteiger charge is -2.28. The maximum atomic E-state index is 2.52. The fourth-order valence-corrected chi connectivity index (χ4v) is 4.48. The highest BCUT2D eigenvalue weighted by molar-refractivity contribution is 4.89. The van der Waals surface area contributed by atoms with Crippen molar-refractivity contribution in [2.45, 2.75) is 90.9 Å². The molecule has 0 aliphatic heterocycles. The number of hydrogen-bond donors (Lipinski definition) is 0. The van der Waals surface area contributed by atoms with E-state index in [-0.39, 0.29) is 0 Å². The molecule has 0 amide bonds. The van der Waals surface area contributed by atoms with E-state index in [9.17, 15) is 0 Å². The Kier molecular flexibility index (Phi) is 8.34. The van der Waals surface area contributed by atoms with E-state index in [1.807, 2.05) is 0 Å². The summed E-state index contributed by atoms with van der Waals surface area (Å²) in [6, 6.07) is 0. The van der Waals surface area contributed by atoms with Crippen molar-refractivity contribution in [2.75, 3.05) is 0 Å². The van der Waals surface area contributed by atoms with Gasteiger partial charge in [-0.2, -0.15) is 0 Å². The Morgan fingerprint density at radius 3 is 1.32 bits per heavy atom. The van der Waals surface area contributed by atoms with Crippen molar-refractivity contribution >= 4 is 0 Å². The summed E-state index contributed by atoms with van der Waals surface area (Å²) in [5, 5.41) is 0. The van der Waals surface area contributed by atoms with E-state index >= 15 is 0 Å². The zero-order valence-corrected chi connectivity index (χ0v) is 15.1. The minimum Gasteiger partial charge on any atom is -0.0917 e. The number of rotatable bonds is 7.